The first kappa shape index (κ1) is 15.5. The van der Waals surface area contributed by atoms with Gasteiger partial charge in [-0.05, 0) is 18.4 Å². The van der Waals surface area contributed by atoms with E-state index in [0.717, 1.165) is 5.39 Å². The molecule has 1 amide bonds. The van der Waals surface area contributed by atoms with Crippen LogP contribution in [0.1, 0.15) is 6.92 Å². The lowest BCUT2D eigenvalue weighted by Crippen LogP contribution is -2.38. The molecule has 21 heavy (non-hydrogen) atoms. The topological polar surface area (TPSA) is 66.5 Å². The molecule has 0 aliphatic rings. The third-order valence-corrected chi connectivity index (χ3v) is 4.81. The van der Waals surface area contributed by atoms with E-state index in [9.17, 15) is 13.2 Å². The fourth-order valence-corrected chi connectivity index (χ4v) is 3.18. The van der Waals surface area contributed by atoms with Crippen molar-refractivity contribution in [3.05, 3.63) is 42.5 Å². The van der Waals surface area contributed by atoms with Gasteiger partial charge >= 0.3 is 0 Å². The summed E-state index contributed by atoms with van der Waals surface area (Å²) in [6.45, 7) is 2.13. The van der Waals surface area contributed by atoms with Gasteiger partial charge in [-0.3, -0.25) is 4.79 Å². The van der Waals surface area contributed by atoms with Crippen molar-refractivity contribution in [1.29, 1.82) is 0 Å². The molecule has 0 radical (unpaired) electrons. The van der Waals surface area contributed by atoms with Crippen molar-refractivity contribution >= 4 is 26.7 Å². The maximum Gasteiger partial charge on any atom is 0.241 e. The van der Waals surface area contributed by atoms with Crippen LogP contribution in [-0.2, 0) is 14.8 Å². The molecule has 0 atom stereocenters. The van der Waals surface area contributed by atoms with Gasteiger partial charge < -0.3 is 4.90 Å². The molecule has 2 rings (SSSR count). The highest BCUT2D eigenvalue weighted by Crippen LogP contribution is 2.22. The van der Waals surface area contributed by atoms with E-state index in [1.54, 1.807) is 31.3 Å². The predicted octanol–water partition coefficient (Wildman–Crippen LogP) is 1.60. The van der Waals surface area contributed by atoms with Crippen LogP contribution in [-0.4, -0.2) is 39.4 Å². The SMILES string of the molecule is CCN(C)C(=O)CNS(=O)(=O)c1cccc2ccccc12. The van der Waals surface area contributed by atoms with Crippen LogP contribution in [0.2, 0.25) is 0 Å². The molecule has 0 heterocycles. The van der Waals surface area contributed by atoms with E-state index < -0.39 is 10.0 Å². The van der Waals surface area contributed by atoms with Crippen molar-refractivity contribution < 1.29 is 13.2 Å². The lowest BCUT2D eigenvalue weighted by Gasteiger charge is -2.15. The van der Waals surface area contributed by atoms with Crippen LogP contribution in [0.5, 0.6) is 0 Å². The molecule has 0 aliphatic carbocycles. The number of carbonyl (C=O) groups excluding carboxylic acids is 1. The Balaban J connectivity index is 2.28. The van der Waals surface area contributed by atoms with Crippen molar-refractivity contribution in [2.45, 2.75) is 11.8 Å². The van der Waals surface area contributed by atoms with Gasteiger partial charge in [-0.15, -0.1) is 0 Å². The van der Waals surface area contributed by atoms with Crippen molar-refractivity contribution in [3.8, 4) is 0 Å². The maximum atomic E-state index is 12.4. The molecule has 2 aromatic carbocycles. The molecule has 0 spiro atoms. The van der Waals surface area contributed by atoms with Gasteiger partial charge in [0.25, 0.3) is 0 Å². The molecular weight excluding hydrogens is 288 g/mol. The third-order valence-electron chi connectivity index (χ3n) is 3.35. The first-order valence-corrected chi connectivity index (χ1v) is 8.15. The van der Waals surface area contributed by atoms with Gasteiger partial charge in [0, 0.05) is 19.0 Å². The average molecular weight is 306 g/mol. The van der Waals surface area contributed by atoms with Gasteiger partial charge in [0.1, 0.15) is 0 Å². The van der Waals surface area contributed by atoms with Crippen molar-refractivity contribution in [1.82, 2.24) is 9.62 Å². The second-order valence-corrected chi connectivity index (χ2v) is 6.45. The fraction of sp³-hybridized carbons (Fsp3) is 0.267. The predicted molar refractivity (Wildman–Crippen MR) is 82.4 cm³/mol. The monoisotopic (exact) mass is 306 g/mol. The number of fused-ring (bicyclic) bond motifs is 1. The van der Waals surface area contributed by atoms with Gasteiger partial charge in [0.05, 0.1) is 11.4 Å². The summed E-state index contributed by atoms with van der Waals surface area (Å²) >= 11 is 0. The maximum absolute atomic E-state index is 12.4. The zero-order valence-electron chi connectivity index (χ0n) is 12.0. The summed E-state index contributed by atoms with van der Waals surface area (Å²) in [5.41, 5.74) is 0. The van der Waals surface area contributed by atoms with Crippen molar-refractivity contribution in [3.63, 3.8) is 0 Å². The Morgan fingerprint density at radius 1 is 1.14 bits per heavy atom. The highest BCUT2D eigenvalue weighted by Gasteiger charge is 2.18. The number of benzene rings is 2. The van der Waals surface area contributed by atoms with Gasteiger partial charge in [-0.1, -0.05) is 36.4 Å². The zero-order valence-corrected chi connectivity index (χ0v) is 12.9. The van der Waals surface area contributed by atoms with E-state index >= 15 is 0 Å². The molecule has 5 nitrogen and oxygen atoms in total. The van der Waals surface area contributed by atoms with Gasteiger partial charge in [0.15, 0.2) is 0 Å². The Hall–Kier alpha value is -1.92. The normalized spacial score (nSPS) is 11.5. The Labute approximate surface area is 124 Å². The van der Waals surface area contributed by atoms with Crippen molar-refractivity contribution in [2.24, 2.45) is 0 Å². The summed E-state index contributed by atoms with van der Waals surface area (Å²) in [4.78, 5) is 13.4. The summed E-state index contributed by atoms with van der Waals surface area (Å²) in [5, 5.41) is 1.49. The number of hydrogen-bond donors (Lipinski definition) is 1. The number of nitrogens with zero attached hydrogens (tertiary/aromatic N) is 1. The fourth-order valence-electron chi connectivity index (χ4n) is 1.98. The summed E-state index contributed by atoms with van der Waals surface area (Å²) in [6.07, 6.45) is 0. The summed E-state index contributed by atoms with van der Waals surface area (Å²) in [6, 6.07) is 12.3. The Morgan fingerprint density at radius 2 is 1.81 bits per heavy atom. The molecule has 1 N–H and O–H groups in total. The Kier molecular flexibility index (Phi) is 4.59. The minimum atomic E-state index is -3.72. The van der Waals surface area contributed by atoms with E-state index in [1.807, 2.05) is 25.1 Å². The number of rotatable bonds is 5. The minimum absolute atomic E-state index is 0.188. The number of sulfonamides is 1. The van der Waals surface area contributed by atoms with E-state index in [4.69, 9.17) is 0 Å². The molecular formula is C15H18N2O3S. The number of amides is 1. The summed E-state index contributed by atoms with van der Waals surface area (Å²) in [5.74, 6) is -0.263. The van der Waals surface area contributed by atoms with E-state index in [0.29, 0.717) is 11.9 Å². The van der Waals surface area contributed by atoms with Crippen LogP contribution in [0.3, 0.4) is 0 Å². The second-order valence-electron chi connectivity index (χ2n) is 4.71. The molecule has 0 unspecified atom stereocenters. The number of carbonyl (C=O) groups is 1. The molecule has 2 aromatic rings. The van der Waals surface area contributed by atoms with Crippen molar-refractivity contribution in [2.75, 3.05) is 20.1 Å². The van der Waals surface area contributed by atoms with Gasteiger partial charge in [-0.25, -0.2) is 13.1 Å². The minimum Gasteiger partial charge on any atom is -0.345 e. The van der Waals surface area contributed by atoms with Crippen LogP contribution in [0, 0.1) is 0 Å². The van der Waals surface area contributed by atoms with E-state index in [2.05, 4.69) is 4.72 Å². The van der Waals surface area contributed by atoms with Crippen LogP contribution in [0.25, 0.3) is 10.8 Å². The molecule has 6 heteroatoms. The lowest BCUT2D eigenvalue weighted by atomic mass is 10.1. The smallest absolute Gasteiger partial charge is 0.241 e. The zero-order chi connectivity index (χ0) is 15.5. The first-order valence-electron chi connectivity index (χ1n) is 6.67. The van der Waals surface area contributed by atoms with Crippen LogP contribution >= 0.6 is 0 Å². The number of likely N-dealkylation sites (N-methyl/N-ethyl adjacent to an activating group) is 1. The van der Waals surface area contributed by atoms with Crippen LogP contribution in [0.15, 0.2) is 47.4 Å². The molecule has 0 bridgehead atoms. The average Bonchev–Trinajstić information content (AvgIpc) is 2.51. The van der Waals surface area contributed by atoms with E-state index in [-0.39, 0.29) is 17.3 Å². The van der Waals surface area contributed by atoms with Gasteiger partial charge in [0.2, 0.25) is 15.9 Å². The summed E-state index contributed by atoms with van der Waals surface area (Å²) < 4.78 is 27.1. The molecule has 0 aliphatic heterocycles. The lowest BCUT2D eigenvalue weighted by molar-refractivity contribution is -0.128. The first-order chi connectivity index (χ1) is 9.95. The summed E-state index contributed by atoms with van der Waals surface area (Å²) in [7, 11) is -2.09. The quantitative estimate of drug-likeness (QED) is 0.912. The molecule has 0 saturated heterocycles. The third kappa shape index (κ3) is 3.40. The van der Waals surface area contributed by atoms with Gasteiger partial charge in [-0.2, -0.15) is 0 Å². The van der Waals surface area contributed by atoms with Crippen LogP contribution in [0.4, 0.5) is 0 Å². The standard InChI is InChI=1S/C15H18N2O3S/c1-3-17(2)15(18)11-16-21(19,20)14-10-6-8-12-7-4-5-9-13(12)14/h4-10,16H,3,11H2,1-2H3. The molecule has 0 saturated carbocycles. The van der Waals surface area contributed by atoms with E-state index in [1.165, 1.54) is 4.90 Å². The Morgan fingerprint density at radius 3 is 2.52 bits per heavy atom. The largest absolute Gasteiger partial charge is 0.345 e. The second kappa shape index (κ2) is 6.24. The highest BCUT2D eigenvalue weighted by atomic mass is 32.2. The Bertz CT molecular complexity index is 751. The number of nitrogens with one attached hydrogen (secondary N) is 1. The molecule has 0 aromatic heterocycles. The molecule has 0 fully saturated rings. The van der Waals surface area contributed by atoms with Crippen LogP contribution < -0.4 is 4.72 Å². The molecule has 112 valence electrons. The number of hydrogen-bond acceptors (Lipinski definition) is 3. The highest BCUT2D eigenvalue weighted by molar-refractivity contribution is 7.89.